The Hall–Kier alpha value is -1.40. The molecular formula is C14H17NO4S. The van der Waals surface area contributed by atoms with E-state index in [1.807, 2.05) is 0 Å². The fourth-order valence-electron chi connectivity index (χ4n) is 3.66. The first-order valence-electron chi connectivity index (χ1n) is 6.79. The molecule has 0 heterocycles. The third kappa shape index (κ3) is 2.23. The van der Waals surface area contributed by atoms with Crippen LogP contribution >= 0.6 is 0 Å². The van der Waals surface area contributed by atoms with E-state index < -0.39 is 28.0 Å². The number of rotatable bonds is 4. The van der Waals surface area contributed by atoms with Crippen LogP contribution in [0.25, 0.3) is 0 Å². The fraction of sp³-hybridized carbons (Fsp3) is 0.500. The summed E-state index contributed by atoms with van der Waals surface area (Å²) >= 11 is 0. The Balaban J connectivity index is 1.85. The monoisotopic (exact) mass is 295 g/mol. The molecule has 0 aromatic heterocycles. The van der Waals surface area contributed by atoms with E-state index in [1.54, 1.807) is 18.2 Å². The molecular weight excluding hydrogens is 278 g/mol. The molecule has 4 unspecified atom stereocenters. The van der Waals surface area contributed by atoms with E-state index in [0.29, 0.717) is 0 Å². The van der Waals surface area contributed by atoms with Crippen molar-refractivity contribution in [1.82, 2.24) is 4.72 Å². The van der Waals surface area contributed by atoms with E-state index in [4.69, 9.17) is 0 Å². The number of carboxylic acids is 1. The minimum Gasteiger partial charge on any atom is -0.481 e. The molecule has 6 heteroatoms. The quantitative estimate of drug-likeness (QED) is 0.881. The van der Waals surface area contributed by atoms with Crippen molar-refractivity contribution in [2.45, 2.75) is 30.2 Å². The summed E-state index contributed by atoms with van der Waals surface area (Å²) in [5.74, 6) is -1.22. The van der Waals surface area contributed by atoms with E-state index in [9.17, 15) is 18.3 Å². The number of carbonyl (C=O) groups is 1. The molecule has 2 N–H and O–H groups in total. The van der Waals surface area contributed by atoms with Gasteiger partial charge in [0, 0.05) is 6.04 Å². The number of nitrogens with one attached hydrogen (secondary N) is 1. The average molecular weight is 295 g/mol. The SMILES string of the molecule is O=C(O)C1C2CCC(C2)C1NS(=O)(=O)c1ccccc1. The van der Waals surface area contributed by atoms with E-state index in [1.165, 1.54) is 12.1 Å². The molecule has 2 aliphatic rings. The number of sulfonamides is 1. The average Bonchev–Trinajstić information content (AvgIpc) is 3.00. The summed E-state index contributed by atoms with van der Waals surface area (Å²) in [7, 11) is -3.65. The third-order valence-corrected chi connectivity index (χ3v) is 6.02. The zero-order valence-corrected chi connectivity index (χ0v) is 11.7. The van der Waals surface area contributed by atoms with Crippen molar-refractivity contribution in [3.8, 4) is 0 Å². The molecule has 2 aliphatic carbocycles. The molecule has 2 saturated carbocycles. The fourth-order valence-corrected chi connectivity index (χ4v) is 5.01. The lowest BCUT2D eigenvalue weighted by Gasteiger charge is -2.28. The lowest BCUT2D eigenvalue weighted by molar-refractivity contribution is -0.144. The molecule has 0 spiro atoms. The molecule has 4 atom stereocenters. The van der Waals surface area contributed by atoms with Crippen LogP contribution in [0.1, 0.15) is 19.3 Å². The van der Waals surface area contributed by atoms with Crippen LogP contribution in [0.5, 0.6) is 0 Å². The topological polar surface area (TPSA) is 83.5 Å². The molecule has 0 saturated heterocycles. The van der Waals surface area contributed by atoms with Gasteiger partial charge in [0.1, 0.15) is 0 Å². The maximum Gasteiger partial charge on any atom is 0.308 e. The first kappa shape index (κ1) is 13.6. The molecule has 3 rings (SSSR count). The molecule has 1 aromatic carbocycles. The maximum atomic E-state index is 12.3. The summed E-state index contributed by atoms with van der Waals surface area (Å²) < 4.78 is 27.3. The highest BCUT2D eigenvalue weighted by atomic mass is 32.2. The van der Waals surface area contributed by atoms with Crippen molar-refractivity contribution in [3.63, 3.8) is 0 Å². The second-order valence-corrected chi connectivity index (χ2v) is 7.37. The number of aliphatic carboxylic acids is 1. The molecule has 2 fully saturated rings. The van der Waals surface area contributed by atoms with Crippen LogP contribution in [-0.2, 0) is 14.8 Å². The smallest absolute Gasteiger partial charge is 0.308 e. The van der Waals surface area contributed by atoms with Crippen molar-refractivity contribution in [1.29, 1.82) is 0 Å². The summed E-state index contributed by atoms with van der Waals surface area (Å²) in [4.78, 5) is 11.6. The van der Waals surface area contributed by atoms with Crippen LogP contribution in [0.3, 0.4) is 0 Å². The highest BCUT2D eigenvalue weighted by Gasteiger charge is 2.52. The Labute approximate surface area is 118 Å². The van der Waals surface area contributed by atoms with Gasteiger partial charge >= 0.3 is 5.97 Å². The lowest BCUT2D eigenvalue weighted by atomic mass is 9.85. The maximum absolute atomic E-state index is 12.3. The third-order valence-electron chi connectivity index (χ3n) is 4.55. The van der Waals surface area contributed by atoms with Gasteiger partial charge in [-0.3, -0.25) is 4.79 Å². The van der Waals surface area contributed by atoms with Crippen LogP contribution in [0, 0.1) is 17.8 Å². The predicted octanol–water partition coefficient (Wildman–Crippen LogP) is 1.46. The van der Waals surface area contributed by atoms with Gasteiger partial charge in [-0.15, -0.1) is 0 Å². The van der Waals surface area contributed by atoms with E-state index >= 15 is 0 Å². The Morgan fingerprint density at radius 3 is 2.45 bits per heavy atom. The molecule has 0 amide bonds. The minimum absolute atomic E-state index is 0.112. The van der Waals surface area contributed by atoms with Crippen molar-refractivity contribution < 1.29 is 18.3 Å². The van der Waals surface area contributed by atoms with E-state index in [2.05, 4.69) is 4.72 Å². The van der Waals surface area contributed by atoms with Crippen LogP contribution in [0.15, 0.2) is 35.2 Å². The summed E-state index contributed by atoms with van der Waals surface area (Å²) in [5, 5.41) is 9.34. The predicted molar refractivity (Wildman–Crippen MR) is 72.5 cm³/mol. The van der Waals surface area contributed by atoms with Crippen LogP contribution in [-0.4, -0.2) is 25.5 Å². The standard InChI is InChI=1S/C14H17NO4S/c16-14(17)12-9-6-7-10(8-9)13(12)15-20(18,19)11-4-2-1-3-5-11/h1-5,9-10,12-13,15H,6-8H2,(H,16,17). The van der Waals surface area contributed by atoms with Gasteiger partial charge < -0.3 is 5.11 Å². The van der Waals surface area contributed by atoms with Crippen LogP contribution in [0.2, 0.25) is 0 Å². The summed E-state index contributed by atoms with van der Waals surface area (Å²) in [6.07, 6.45) is 2.63. The number of hydrogen-bond donors (Lipinski definition) is 2. The molecule has 2 bridgehead atoms. The van der Waals surface area contributed by atoms with Crippen LogP contribution < -0.4 is 4.72 Å². The van der Waals surface area contributed by atoms with Crippen LogP contribution in [0.4, 0.5) is 0 Å². The summed E-state index contributed by atoms with van der Waals surface area (Å²) in [6, 6.07) is 7.62. The molecule has 5 nitrogen and oxygen atoms in total. The summed E-state index contributed by atoms with van der Waals surface area (Å²) in [6.45, 7) is 0. The van der Waals surface area contributed by atoms with Crippen molar-refractivity contribution >= 4 is 16.0 Å². The zero-order chi connectivity index (χ0) is 14.3. The van der Waals surface area contributed by atoms with Gasteiger partial charge in [0.15, 0.2) is 0 Å². The van der Waals surface area contributed by atoms with Gasteiger partial charge in [-0.2, -0.15) is 0 Å². The second-order valence-electron chi connectivity index (χ2n) is 5.66. The van der Waals surface area contributed by atoms with Gasteiger partial charge in [0.25, 0.3) is 0 Å². The Bertz CT molecular complexity index is 613. The summed E-state index contributed by atoms with van der Waals surface area (Å²) in [5.41, 5.74) is 0. The molecule has 1 aromatic rings. The van der Waals surface area contributed by atoms with E-state index in [-0.39, 0.29) is 16.7 Å². The molecule has 108 valence electrons. The van der Waals surface area contributed by atoms with Crippen molar-refractivity contribution in [2.75, 3.05) is 0 Å². The zero-order valence-electron chi connectivity index (χ0n) is 10.9. The van der Waals surface area contributed by atoms with Gasteiger partial charge in [0.2, 0.25) is 10.0 Å². The Morgan fingerprint density at radius 1 is 1.15 bits per heavy atom. The van der Waals surface area contributed by atoms with Gasteiger partial charge in [-0.05, 0) is 43.2 Å². The second kappa shape index (κ2) is 4.86. The van der Waals surface area contributed by atoms with Crippen molar-refractivity contribution in [3.05, 3.63) is 30.3 Å². The Kier molecular flexibility index (Phi) is 3.30. The number of carboxylic acid groups (broad SMARTS) is 1. The Morgan fingerprint density at radius 2 is 1.80 bits per heavy atom. The van der Waals surface area contributed by atoms with E-state index in [0.717, 1.165) is 19.3 Å². The molecule has 0 radical (unpaired) electrons. The number of hydrogen-bond acceptors (Lipinski definition) is 3. The highest BCUT2D eigenvalue weighted by Crippen LogP contribution is 2.48. The largest absolute Gasteiger partial charge is 0.481 e. The first-order valence-corrected chi connectivity index (χ1v) is 8.27. The number of benzene rings is 1. The normalized spacial score (nSPS) is 32.4. The van der Waals surface area contributed by atoms with Gasteiger partial charge in [0.05, 0.1) is 10.8 Å². The number of fused-ring (bicyclic) bond motifs is 2. The van der Waals surface area contributed by atoms with Crippen molar-refractivity contribution in [2.24, 2.45) is 17.8 Å². The lowest BCUT2D eigenvalue weighted by Crippen LogP contribution is -2.46. The van der Waals surface area contributed by atoms with Gasteiger partial charge in [-0.25, -0.2) is 13.1 Å². The van der Waals surface area contributed by atoms with Gasteiger partial charge in [-0.1, -0.05) is 18.2 Å². The molecule has 20 heavy (non-hydrogen) atoms. The first-order chi connectivity index (χ1) is 9.49. The highest BCUT2D eigenvalue weighted by molar-refractivity contribution is 7.89. The minimum atomic E-state index is -3.65. The molecule has 0 aliphatic heterocycles.